The first-order chi connectivity index (χ1) is 9.90. The lowest BCUT2D eigenvalue weighted by Crippen LogP contribution is -2.50. The van der Waals surface area contributed by atoms with Gasteiger partial charge in [-0.1, -0.05) is 35.0 Å². The fraction of sp³-hybridized carbons (Fsp3) is 0.667. The smallest absolute Gasteiger partial charge is 0.0320 e. The molecule has 0 bridgehead atoms. The van der Waals surface area contributed by atoms with Crippen LogP contribution in [0.1, 0.15) is 58.6 Å². The molecule has 0 radical (unpaired) electrons. The minimum absolute atomic E-state index is 0.306. The molecule has 1 atom stereocenters. The zero-order chi connectivity index (χ0) is 15.5. The van der Waals surface area contributed by atoms with Crippen molar-refractivity contribution in [3.63, 3.8) is 0 Å². The first kappa shape index (κ1) is 17.0. The highest BCUT2D eigenvalue weighted by atomic mass is 79.9. The van der Waals surface area contributed by atoms with E-state index in [1.54, 1.807) is 0 Å². The molecular formula is C18H29BrN2. The second-order valence-electron chi connectivity index (χ2n) is 7.11. The first-order valence-electron chi connectivity index (χ1n) is 8.16. The summed E-state index contributed by atoms with van der Waals surface area (Å²) < 4.78 is 1.15. The molecule has 0 aliphatic carbocycles. The molecule has 0 saturated carbocycles. The van der Waals surface area contributed by atoms with E-state index < -0.39 is 0 Å². The van der Waals surface area contributed by atoms with Crippen molar-refractivity contribution in [2.24, 2.45) is 0 Å². The van der Waals surface area contributed by atoms with Crippen LogP contribution in [0.2, 0.25) is 0 Å². The second kappa shape index (κ2) is 7.26. The van der Waals surface area contributed by atoms with Crippen molar-refractivity contribution in [3.05, 3.63) is 34.3 Å². The molecule has 1 aromatic rings. The maximum absolute atomic E-state index is 3.87. The number of nitrogens with one attached hydrogen (secondary N) is 1. The zero-order valence-electron chi connectivity index (χ0n) is 13.8. The van der Waals surface area contributed by atoms with Crippen LogP contribution >= 0.6 is 15.9 Å². The molecular weight excluding hydrogens is 324 g/mol. The van der Waals surface area contributed by atoms with E-state index in [-0.39, 0.29) is 0 Å². The summed E-state index contributed by atoms with van der Waals surface area (Å²) in [4.78, 5) is 2.60. The van der Waals surface area contributed by atoms with Crippen molar-refractivity contribution in [2.75, 3.05) is 13.1 Å². The summed E-state index contributed by atoms with van der Waals surface area (Å²) in [7, 11) is 0. The maximum atomic E-state index is 3.87. The molecule has 1 heterocycles. The monoisotopic (exact) mass is 352 g/mol. The highest BCUT2D eigenvalue weighted by Crippen LogP contribution is 2.24. The molecule has 2 rings (SSSR count). The van der Waals surface area contributed by atoms with Crippen molar-refractivity contribution in [3.8, 4) is 0 Å². The quantitative estimate of drug-likeness (QED) is 0.840. The summed E-state index contributed by atoms with van der Waals surface area (Å²) in [5, 5.41) is 3.87. The lowest BCUT2D eigenvalue weighted by molar-refractivity contribution is 0.0935. The van der Waals surface area contributed by atoms with Gasteiger partial charge in [-0.05, 0) is 57.7 Å². The Balaban J connectivity index is 1.90. The number of benzene rings is 1. The van der Waals surface area contributed by atoms with Crippen LogP contribution in [0.25, 0.3) is 0 Å². The van der Waals surface area contributed by atoms with Crippen molar-refractivity contribution in [1.82, 2.24) is 10.2 Å². The molecule has 1 fully saturated rings. The van der Waals surface area contributed by atoms with Crippen molar-refractivity contribution < 1.29 is 0 Å². The topological polar surface area (TPSA) is 15.3 Å². The molecule has 1 N–H and O–H groups in total. The van der Waals surface area contributed by atoms with E-state index in [1.807, 2.05) is 0 Å². The number of hydrogen-bond donors (Lipinski definition) is 1. The Morgan fingerprint density at radius 2 is 1.76 bits per heavy atom. The summed E-state index contributed by atoms with van der Waals surface area (Å²) in [6, 6.07) is 9.87. The maximum Gasteiger partial charge on any atom is 0.0320 e. The van der Waals surface area contributed by atoms with Crippen LogP contribution in [0.3, 0.4) is 0 Å². The van der Waals surface area contributed by atoms with Crippen LogP contribution in [0.5, 0.6) is 0 Å². The third-order valence-corrected chi connectivity index (χ3v) is 5.09. The van der Waals surface area contributed by atoms with E-state index in [9.17, 15) is 0 Å². The number of rotatable bonds is 4. The average molecular weight is 353 g/mol. The van der Waals surface area contributed by atoms with Gasteiger partial charge in [0.15, 0.2) is 0 Å². The summed E-state index contributed by atoms with van der Waals surface area (Å²) in [5.41, 5.74) is 1.71. The number of likely N-dealkylation sites (tertiary alicyclic amines) is 1. The highest BCUT2D eigenvalue weighted by Gasteiger charge is 2.27. The zero-order valence-corrected chi connectivity index (χ0v) is 15.4. The first-order valence-corrected chi connectivity index (χ1v) is 8.96. The minimum Gasteiger partial charge on any atom is -0.307 e. The van der Waals surface area contributed by atoms with Gasteiger partial charge in [-0.15, -0.1) is 0 Å². The Labute approximate surface area is 138 Å². The average Bonchev–Trinajstić information content (AvgIpc) is 2.45. The standard InChI is InChI=1S/C18H29BrN2/c1-5-17(14-6-8-15(19)9-7-14)20-16-10-12-21(13-11-16)18(2,3)4/h6-9,16-17,20H,5,10-13H2,1-4H3. The van der Waals surface area contributed by atoms with Crippen LogP contribution < -0.4 is 5.32 Å². The van der Waals surface area contributed by atoms with Gasteiger partial charge < -0.3 is 5.32 Å². The van der Waals surface area contributed by atoms with E-state index in [0.717, 1.165) is 10.9 Å². The normalized spacial score (nSPS) is 19.7. The number of halogens is 1. The number of nitrogens with zero attached hydrogens (tertiary/aromatic N) is 1. The third-order valence-electron chi connectivity index (χ3n) is 4.56. The van der Waals surface area contributed by atoms with Gasteiger partial charge in [-0.3, -0.25) is 4.90 Å². The predicted octanol–water partition coefficient (Wildman–Crippen LogP) is 4.75. The van der Waals surface area contributed by atoms with E-state index in [0.29, 0.717) is 17.6 Å². The molecule has 1 saturated heterocycles. The highest BCUT2D eigenvalue weighted by molar-refractivity contribution is 9.10. The molecule has 1 aliphatic heterocycles. The van der Waals surface area contributed by atoms with E-state index in [2.05, 4.69) is 78.1 Å². The Morgan fingerprint density at radius 1 is 1.19 bits per heavy atom. The molecule has 21 heavy (non-hydrogen) atoms. The Morgan fingerprint density at radius 3 is 2.24 bits per heavy atom. The van der Waals surface area contributed by atoms with Crippen LogP contribution in [0, 0.1) is 0 Å². The molecule has 1 aromatic carbocycles. The van der Waals surface area contributed by atoms with Crippen LogP contribution in [0.4, 0.5) is 0 Å². The molecule has 2 nitrogen and oxygen atoms in total. The molecule has 1 unspecified atom stereocenters. The molecule has 118 valence electrons. The molecule has 0 amide bonds. The van der Waals surface area contributed by atoms with Gasteiger partial charge in [0.05, 0.1) is 0 Å². The third kappa shape index (κ3) is 4.80. The molecule has 1 aliphatic rings. The summed E-state index contributed by atoms with van der Waals surface area (Å²) in [6.45, 7) is 11.6. The van der Waals surface area contributed by atoms with E-state index in [1.165, 1.54) is 31.5 Å². The Bertz CT molecular complexity index is 428. The molecule has 0 spiro atoms. The Hall–Kier alpha value is -0.380. The minimum atomic E-state index is 0.306. The van der Waals surface area contributed by atoms with Crippen LogP contribution in [-0.4, -0.2) is 29.6 Å². The fourth-order valence-electron chi connectivity index (χ4n) is 3.15. The fourth-order valence-corrected chi connectivity index (χ4v) is 3.41. The predicted molar refractivity (Wildman–Crippen MR) is 94.7 cm³/mol. The molecule has 3 heteroatoms. The van der Waals surface area contributed by atoms with E-state index >= 15 is 0 Å². The Kier molecular flexibility index (Phi) is 5.87. The van der Waals surface area contributed by atoms with Crippen molar-refractivity contribution >= 4 is 15.9 Å². The number of hydrogen-bond acceptors (Lipinski definition) is 2. The molecule has 0 aromatic heterocycles. The van der Waals surface area contributed by atoms with Gasteiger partial charge in [0.1, 0.15) is 0 Å². The van der Waals surface area contributed by atoms with Crippen LogP contribution in [0.15, 0.2) is 28.7 Å². The summed E-state index contributed by atoms with van der Waals surface area (Å²) >= 11 is 3.51. The lowest BCUT2D eigenvalue weighted by atomic mass is 9.96. The van der Waals surface area contributed by atoms with E-state index in [4.69, 9.17) is 0 Å². The SMILES string of the molecule is CCC(NC1CCN(C(C)(C)C)CC1)c1ccc(Br)cc1. The summed E-state index contributed by atoms with van der Waals surface area (Å²) in [5.74, 6) is 0. The largest absolute Gasteiger partial charge is 0.307 e. The van der Waals surface area contributed by atoms with Gasteiger partial charge in [0.25, 0.3) is 0 Å². The van der Waals surface area contributed by atoms with Gasteiger partial charge in [0, 0.05) is 35.2 Å². The van der Waals surface area contributed by atoms with Gasteiger partial charge in [-0.2, -0.15) is 0 Å². The second-order valence-corrected chi connectivity index (χ2v) is 8.03. The lowest BCUT2D eigenvalue weighted by Gasteiger charge is -2.41. The van der Waals surface area contributed by atoms with Gasteiger partial charge >= 0.3 is 0 Å². The van der Waals surface area contributed by atoms with Crippen LogP contribution in [-0.2, 0) is 0 Å². The van der Waals surface area contributed by atoms with Gasteiger partial charge in [-0.25, -0.2) is 0 Å². The summed E-state index contributed by atoms with van der Waals surface area (Å²) in [6.07, 6.45) is 3.65. The van der Waals surface area contributed by atoms with Gasteiger partial charge in [0.2, 0.25) is 0 Å². The van der Waals surface area contributed by atoms with Crippen molar-refractivity contribution in [1.29, 1.82) is 0 Å². The van der Waals surface area contributed by atoms with Crippen molar-refractivity contribution in [2.45, 2.75) is 64.6 Å². The number of piperidine rings is 1.